The molecule has 148 valence electrons. The summed E-state index contributed by atoms with van der Waals surface area (Å²) in [5.41, 5.74) is 5.85. The third-order valence-electron chi connectivity index (χ3n) is 4.90. The van der Waals surface area contributed by atoms with Crippen LogP contribution in [0.25, 0.3) is 16.7 Å². The summed E-state index contributed by atoms with van der Waals surface area (Å²) in [5, 5.41) is 9.19. The molecule has 2 aromatic carbocycles. The molecule has 0 aliphatic carbocycles. The number of hydrogen-bond donors (Lipinski definition) is 0. The first-order chi connectivity index (χ1) is 14.1. The van der Waals surface area contributed by atoms with Crippen molar-refractivity contribution in [3.8, 4) is 5.69 Å². The molecule has 0 saturated carbocycles. The largest absolute Gasteiger partial charge is 0.399 e. The van der Waals surface area contributed by atoms with Crippen molar-refractivity contribution >= 4 is 28.3 Å². The number of nitrogens with zero attached hydrogens (tertiary/aromatic N) is 5. The van der Waals surface area contributed by atoms with Crippen molar-refractivity contribution in [1.29, 1.82) is 0 Å². The van der Waals surface area contributed by atoms with Gasteiger partial charge in [-0.1, -0.05) is 28.9 Å². The zero-order valence-corrected chi connectivity index (χ0v) is 17.4. The number of aromatic nitrogens is 4. The monoisotopic (exact) mass is 407 g/mol. The van der Waals surface area contributed by atoms with Crippen molar-refractivity contribution in [2.45, 2.75) is 26.8 Å². The van der Waals surface area contributed by atoms with Crippen LogP contribution in [-0.2, 0) is 17.8 Å². The number of imidazole rings is 1. The molecule has 0 fully saturated rings. The quantitative estimate of drug-likeness (QED) is 0.339. The maximum absolute atomic E-state index is 6.16. The number of aryl methyl sites for hydroxylation is 1. The Hall–Kier alpha value is -3.12. The van der Waals surface area contributed by atoms with E-state index in [-0.39, 0.29) is 0 Å². The number of rotatable bonds is 6. The minimum Gasteiger partial charge on any atom is -0.399 e. The van der Waals surface area contributed by atoms with Crippen molar-refractivity contribution < 1.29 is 4.84 Å². The predicted octanol–water partition coefficient (Wildman–Crippen LogP) is 4.86. The van der Waals surface area contributed by atoms with Crippen LogP contribution in [0.15, 0.2) is 59.9 Å². The van der Waals surface area contributed by atoms with Crippen LogP contribution in [0.4, 0.5) is 0 Å². The molecule has 4 aromatic rings. The predicted molar refractivity (Wildman–Crippen MR) is 116 cm³/mol. The van der Waals surface area contributed by atoms with Crippen LogP contribution in [0.2, 0.25) is 5.02 Å². The van der Waals surface area contributed by atoms with Gasteiger partial charge in [0, 0.05) is 29.7 Å². The fraction of sp³-hybridized carbons (Fsp3) is 0.227. The van der Waals surface area contributed by atoms with Crippen molar-refractivity contribution in [1.82, 2.24) is 19.3 Å². The highest BCUT2D eigenvalue weighted by molar-refractivity contribution is 6.30. The van der Waals surface area contributed by atoms with Gasteiger partial charge in [-0.2, -0.15) is 5.10 Å². The van der Waals surface area contributed by atoms with E-state index >= 15 is 0 Å². The highest BCUT2D eigenvalue weighted by Crippen LogP contribution is 2.22. The van der Waals surface area contributed by atoms with Crippen molar-refractivity contribution in [3.63, 3.8) is 0 Å². The molecule has 2 aromatic heterocycles. The van der Waals surface area contributed by atoms with Crippen LogP contribution in [0, 0.1) is 0 Å². The number of hydrogen-bond acceptors (Lipinski definition) is 4. The molecule has 0 unspecified atom stereocenters. The summed E-state index contributed by atoms with van der Waals surface area (Å²) in [6.45, 7) is 4.89. The summed E-state index contributed by atoms with van der Waals surface area (Å²) in [6, 6.07) is 15.9. The smallest absolute Gasteiger partial charge is 0.115 e. The van der Waals surface area contributed by atoms with E-state index in [1.807, 2.05) is 48.0 Å². The first-order valence-corrected chi connectivity index (χ1v) is 9.84. The van der Waals surface area contributed by atoms with Crippen LogP contribution in [-0.4, -0.2) is 32.2 Å². The Bertz CT molecular complexity index is 1190. The van der Waals surface area contributed by atoms with Gasteiger partial charge < -0.3 is 9.40 Å². The molecule has 0 atom stereocenters. The maximum Gasteiger partial charge on any atom is 0.115 e. The average molecular weight is 408 g/mol. The topological polar surface area (TPSA) is 57.2 Å². The SMILES string of the molecule is CCn1c(Cc2ccnn2-c2cccc(Cl)c2)nc2cc(/C(C)=N\OC)ccc21. The third kappa shape index (κ3) is 3.76. The highest BCUT2D eigenvalue weighted by atomic mass is 35.5. The van der Waals surface area contributed by atoms with E-state index in [0.29, 0.717) is 11.4 Å². The van der Waals surface area contributed by atoms with E-state index in [0.717, 1.165) is 46.1 Å². The van der Waals surface area contributed by atoms with Gasteiger partial charge in [0.2, 0.25) is 0 Å². The average Bonchev–Trinajstić information content (AvgIpc) is 3.31. The minimum atomic E-state index is 0.662. The molecule has 0 N–H and O–H groups in total. The molecule has 0 aliphatic rings. The molecule has 0 aliphatic heterocycles. The van der Waals surface area contributed by atoms with E-state index < -0.39 is 0 Å². The molecule has 0 amide bonds. The summed E-state index contributed by atoms with van der Waals surface area (Å²) in [5.74, 6) is 0.991. The van der Waals surface area contributed by atoms with Crippen molar-refractivity contribution in [3.05, 3.63) is 76.8 Å². The lowest BCUT2D eigenvalue weighted by Crippen LogP contribution is -2.07. The minimum absolute atomic E-state index is 0.662. The molecular weight excluding hydrogens is 386 g/mol. The fourth-order valence-corrected chi connectivity index (χ4v) is 3.73. The summed E-state index contributed by atoms with van der Waals surface area (Å²) in [6.07, 6.45) is 2.47. The van der Waals surface area contributed by atoms with Crippen LogP contribution >= 0.6 is 11.6 Å². The van der Waals surface area contributed by atoms with Gasteiger partial charge in [0.05, 0.1) is 28.1 Å². The number of oxime groups is 1. The Balaban J connectivity index is 1.74. The van der Waals surface area contributed by atoms with Gasteiger partial charge in [-0.15, -0.1) is 0 Å². The Morgan fingerprint density at radius 3 is 2.79 bits per heavy atom. The van der Waals surface area contributed by atoms with Crippen LogP contribution in [0.5, 0.6) is 0 Å². The van der Waals surface area contributed by atoms with Gasteiger partial charge in [-0.05, 0) is 50.2 Å². The van der Waals surface area contributed by atoms with Gasteiger partial charge in [-0.25, -0.2) is 9.67 Å². The highest BCUT2D eigenvalue weighted by Gasteiger charge is 2.14. The van der Waals surface area contributed by atoms with E-state index in [9.17, 15) is 0 Å². The Morgan fingerprint density at radius 2 is 2.03 bits per heavy atom. The molecule has 6 nitrogen and oxygen atoms in total. The Labute approximate surface area is 174 Å². The third-order valence-corrected chi connectivity index (χ3v) is 5.14. The Morgan fingerprint density at radius 1 is 1.17 bits per heavy atom. The van der Waals surface area contributed by atoms with E-state index in [1.165, 1.54) is 0 Å². The Kier molecular flexibility index (Phi) is 5.36. The van der Waals surface area contributed by atoms with Gasteiger partial charge in [0.15, 0.2) is 0 Å². The van der Waals surface area contributed by atoms with Crippen LogP contribution in [0.1, 0.15) is 30.9 Å². The lowest BCUT2D eigenvalue weighted by atomic mass is 10.1. The number of fused-ring (bicyclic) bond motifs is 1. The molecule has 0 bridgehead atoms. The number of benzene rings is 2. The first-order valence-electron chi connectivity index (χ1n) is 9.47. The zero-order chi connectivity index (χ0) is 20.4. The lowest BCUT2D eigenvalue weighted by Gasteiger charge is -2.09. The van der Waals surface area contributed by atoms with Gasteiger partial charge in [-0.3, -0.25) is 0 Å². The van der Waals surface area contributed by atoms with Crippen LogP contribution < -0.4 is 0 Å². The molecule has 0 spiro atoms. The normalized spacial score (nSPS) is 11.9. The molecule has 2 heterocycles. The van der Waals surface area contributed by atoms with Crippen molar-refractivity contribution in [2.75, 3.05) is 7.11 Å². The summed E-state index contributed by atoms with van der Waals surface area (Å²) in [4.78, 5) is 9.81. The second-order valence-corrected chi connectivity index (χ2v) is 7.16. The van der Waals surface area contributed by atoms with Crippen LogP contribution in [0.3, 0.4) is 0 Å². The maximum atomic E-state index is 6.16. The standard InChI is InChI=1S/C22H22ClN5O/c1-4-27-21-9-8-16(15(2)26-29-3)12-20(21)25-22(27)14-19-10-11-24-28(19)18-7-5-6-17(23)13-18/h5-13H,4,14H2,1-3H3/b26-15-. The summed E-state index contributed by atoms with van der Waals surface area (Å²) < 4.78 is 4.14. The molecule has 0 saturated heterocycles. The second-order valence-electron chi connectivity index (χ2n) is 6.73. The van der Waals surface area contributed by atoms with E-state index in [1.54, 1.807) is 13.3 Å². The fourth-order valence-electron chi connectivity index (χ4n) is 3.55. The molecular formula is C22H22ClN5O. The molecule has 7 heteroatoms. The molecule has 0 radical (unpaired) electrons. The first kappa shape index (κ1) is 19.2. The molecule has 4 rings (SSSR count). The van der Waals surface area contributed by atoms with E-state index in [2.05, 4.69) is 33.9 Å². The van der Waals surface area contributed by atoms with Gasteiger partial charge in [0.25, 0.3) is 0 Å². The lowest BCUT2D eigenvalue weighted by molar-refractivity contribution is 0.213. The summed E-state index contributed by atoms with van der Waals surface area (Å²) in [7, 11) is 1.55. The molecule has 29 heavy (non-hydrogen) atoms. The number of halogens is 1. The zero-order valence-electron chi connectivity index (χ0n) is 16.6. The second kappa shape index (κ2) is 8.09. The van der Waals surface area contributed by atoms with Gasteiger partial charge >= 0.3 is 0 Å². The summed E-state index contributed by atoms with van der Waals surface area (Å²) >= 11 is 6.16. The van der Waals surface area contributed by atoms with Crippen molar-refractivity contribution in [2.24, 2.45) is 5.16 Å². The van der Waals surface area contributed by atoms with Gasteiger partial charge in [0.1, 0.15) is 12.9 Å². The van der Waals surface area contributed by atoms with E-state index in [4.69, 9.17) is 21.4 Å².